The van der Waals surface area contributed by atoms with Crippen molar-refractivity contribution in [2.75, 3.05) is 0 Å². The van der Waals surface area contributed by atoms with Crippen molar-refractivity contribution in [3.63, 3.8) is 0 Å². The zero-order valence-electron chi connectivity index (χ0n) is 12.8. The van der Waals surface area contributed by atoms with Crippen LogP contribution in [-0.2, 0) is 4.79 Å². The van der Waals surface area contributed by atoms with Crippen LogP contribution in [0.25, 0.3) is 0 Å². The van der Waals surface area contributed by atoms with Crippen LogP contribution >= 0.6 is 0 Å². The molecule has 1 atom stereocenters. The molecule has 1 heterocycles. The summed E-state index contributed by atoms with van der Waals surface area (Å²) in [6.07, 6.45) is 0.961. The molecule has 1 aromatic rings. The molecule has 6 nitrogen and oxygen atoms in total. The number of rotatable bonds is 5. The summed E-state index contributed by atoms with van der Waals surface area (Å²) in [5.74, 6) is -1.77. The van der Waals surface area contributed by atoms with Gasteiger partial charge in [-0.2, -0.15) is 0 Å². The van der Waals surface area contributed by atoms with Crippen LogP contribution in [0, 0.1) is 12.3 Å². The molecular formula is C15H22N2O4. The predicted molar refractivity (Wildman–Crippen MR) is 79.4 cm³/mol. The van der Waals surface area contributed by atoms with Gasteiger partial charge in [0.1, 0.15) is 11.6 Å². The van der Waals surface area contributed by atoms with Gasteiger partial charge in [0.2, 0.25) is 0 Å². The first-order valence-electron chi connectivity index (χ1n) is 6.84. The third-order valence-corrected chi connectivity index (χ3v) is 3.09. The number of aromatic amines is 1. The lowest BCUT2D eigenvalue weighted by Gasteiger charge is -2.21. The highest BCUT2D eigenvalue weighted by Gasteiger charge is 2.24. The molecular weight excluding hydrogens is 272 g/mol. The number of pyridine rings is 1. The van der Waals surface area contributed by atoms with Crippen molar-refractivity contribution in [3.8, 4) is 0 Å². The first-order chi connectivity index (χ1) is 9.60. The summed E-state index contributed by atoms with van der Waals surface area (Å²) >= 11 is 0. The Bertz CT molecular complexity index is 584. The number of carboxylic acids is 1. The largest absolute Gasteiger partial charge is 0.480 e. The van der Waals surface area contributed by atoms with Gasteiger partial charge in [0.15, 0.2) is 0 Å². The summed E-state index contributed by atoms with van der Waals surface area (Å²) in [7, 11) is 0. The Morgan fingerprint density at radius 2 is 1.95 bits per heavy atom. The van der Waals surface area contributed by atoms with Gasteiger partial charge in [0.25, 0.3) is 11.5 Å². The summed E-state index contributed by atoms with van der Waals surface area (Å²) in [5, 5.41) is 11.6. The van der Waals surface area contributed by atoms with Crippen molar-refractivity contribution in [3.05, 3.63) is 33.7 Å². The Labute approximate surface area is 123 Å². The number of aliphatic carboxylic acids is 1. The fourth-order valence-corrected chi connectivity index (χ4v) is 1.82. The van der Waals surface area contributed by atoms with Crippen LogP contribution in [0.4, 0.5) is 0 Å². The molecule has 1 unspecified atom stereocenters. The Morgan fingerprint density at radius 1 is 1.33 bits per heavy atom. The van der Waals surface area contributed by atoms with E-state index < -0.39 is 23.5 Å². The average molecular weight is 294 g/mol. The van der Waals surface area contributed by atoms with Crippen molar-refractivity contribution < 1.29 is 14.7 Å². The Balaban J connectivity index is 2.81. The van der Waals surface area contributed by atoms with E-state index in [0.717, 1.165) is 0 Å². The quantitative estimate of drug-likeness (QED) is 0.769. The van der Waals surface area contributed by atoms with E-state index in [1.165, 1.54) is 6.07 Å². The second kappa shape index (κ2) is 6.56. The summed E-state index contributed by atoms with van der Waals surface area (Å²) in [5.41, 5.74) is 0.00822. The highest BCUT2D eigenvalue weighted by atomic mass is 16.4. The number of hydrogen-bond acceptors (Lipinski definition) is 3. The topological polar surface area (TPSA) is 99.3 Å². The molecule has 0 aliphatic heterocycles. The van der Waals surface area contributed by atoms with Gasteiger partial charge in [-0.25, -0.2) is 4.79 Å². The average Bonchev–Trinajstić information content (AvgIpc) is 2.32. The molecule has 0 saturated carbocycles. The summed E-state index contributed by atoms with van der Waals surface area (Å²) in [4.78, 5) is 37.4. The first kappa shape index (κ1) is 16.9. The highest BCUT2D eigenvalue weighted by molar-refractivity contribution is 5.96. The van der Waals surface area contributed by atoms with E-state index in [1.54, 1.807) is 13.0 Å². The minimum atomic E-state index is -1.10. The number of aromatic nitrogens is 1. The summed E-state index contributed by atoms with van der Waals surface area (Å²) in [6.45, 7) is 7.70. The SMILES string of the molecule is Cc1ccc(C(=O)NC(CCC(C)(C)C)C(=O)O)c(=O)[nH]1. The van der Waals surface area contributed by atoms with Crippen LogP contribution in [0.1, 0.15) is 49.7 Å². The van der Waals surface area contributed by atoms with Crippen molar-refractivity contribution in [1.29, 1.82) is 0 Å². The lowest BCUT2D eigenvalue weighted by atomic mass is 9.88. The van der Waals surface area contributed by atoms with Gasteiger partial charge < -0.3 is 15.4 Å². The van der Waals surface area contributed by atoms with E-state index in [4.69, 9.17) is 0 Å². The van der Waals surface area contributed by atoms with Gasteiger partial charge in [0, 0.05) is 5.69 Å². The predicted octanol–water partition coefficient (Wildman–Crippen LogP) is 1.69. The zero-order chi connectivity index (χ0) is 16.2. The summed E-state index contributed by atoms with van der Waals surface area (Å²) in [6, 6.07) is 1.99. The van der Waals surface area contributed by atoms with Crippen LogP contribution < -0.4 is 10.9 Å². The van der Waals surface area contributed by atoms with Gasteiger partial charge in [-0.1, -0.05) is 20.8 Å². The second-order valence-electron chi connectivity index (χ2n) is 6.35. The lowest BCUT2D eigenvalue weighted by molar-refractivity contribution is -0.139. The molecule has 0 bridgehead atoms. The van der Waals surface area contributed by atoms with E-state index >= 15 is 0 Å². The maximum Gasteiger partial charge on any atom is 0.326 e. The number of carbonyl (C=O) groups is 2. The van der Waals surface area contributed by atoms with Crippen molar-refractivity contribution in [2.24, 2.45) is 5.41 Å². The smallest absolute Gasteiger partial charge is 0.326 e. The van der Waals surface area contributed by atoms with Crippen molar-refractivity contribution in [2.45, 2.75) is 46.6 Å². The molecule has 6 heteroatoms. The molecule has 0 spiro atoms. The van der Waals surface area contributed by atoms with Gasteiger partial charge in [-0.3, -0.25) is 9.59 Å². The van der Waals surface area contributed by atoms with E-state index in [1.807, 2.05) is 20.8 Å². The molecule has 3 N–H and O–H groups in total. The van der Waals surface area contributed by atoms with Crippen LogP contribution in [0.3, 0.4) is 0 Å². The fraction of sp³-hybridized carbons (Fsp3) is 0.533. The molecule has 0 aliphatic carbocycles. The number of amides is 1. The molecule has 1 rings (SSSR count). The molecule has 0 saturated heterocycles. The monoisotopic (exact) mass is 294 g/mol. The van der Waals surface area contributed by atoms with Gasteiger partial charge in [-0.15, -0.1) is 0 Å². The third-order valence-electron chi connectivity index (χ3n) is 3.09. The van der Waals surface area contributed by atoms with Crippen molar-refractivity contribution >= 4 is 11.9 Å². The van der Waals surface area contributed by atoms with Crippen LogP contribution in [0.5, 0.6) is 0 Å². The standard InChI is InChI=1S/C15H22N2O4/c1-9-5-6-10(12(18)16-9)13(19)17-11(14(20)21)7-8-15(2,3)4/h5-6,11H,7-8H2,1-4H3,(H,16,18)(H,17,19)(H,20,21). The molecule has 1 aromatic heterocycles. The zero-order valence-corrected chi connectivity index (χ0v) is 12.8. The van der Waals surface area contributed by atoms with Crippen LogP contribution in [0.2, 0.25) is 0 Å². The van der Waals surface area contributed by atoms with E-state index in [-0.39, 0.29) is 11.0 Å². The summed E-state index contributed by atoms with van der Waals surface area (Å²) < 4.78 is 0. The Hall–Kier alpha value is -2.11. The lowest BCUT2D eigenvalue weighted by Crippen LogP contribution is -2.43. The van der Waals surface area contributed by atoms with Gasteiger partial charge in [-0.05, 0) is 37.3 Å². The van der Waals surface area contributed by atoms with E-state index in [2.05, 4.69) is 10.3 Å². The molecule has 1 amide bonds. The number of hydrogen-bond donors (Lipinski definition) is 3. The molecule has 21 heavy (non-hydrogen) atoms. The molecule has 0 aliphatic rings. The third kappa shape index (κ3) is 5.41. The maximum atomic E-state index is 12.0. The molecule has 0 radical (unpaired) electrons. The van der Waals surface area contributed by atoms with Crippen LogP contribution in [0.15, 0.2) is 16.9 Å². The second-order valence-corrected chi connectivity index (χ2v) is 6.35. The number of aryl methyl sites for hydroxylation is 1. The fourth-order valence-electron chi connectivity index (χ4n) is 1.82. The number of H-pyrrole nitrogens is 1. The first-order valence-corrected chi connectivity index (χ1v) is 6.84. The Morgan fingerprint density at radius 3 is 2.43 bits per heavy atom. The minimum Gasteiger partial charge on any atom is -0.480 e. The highest BCUT2D eigenvalue weighted by Crippen LogP contribution is 2.21. The van der Waals surface area contributed by atoms with Crippen LogP contribution in [-0.4, -0.2) is 28.0 Å². The minimum absolute atomic E-state index is 0.0280. The number of carbonyl (C=O) groups excluding carboxylic acids is 1. The van der Waals surface area contributed by atoms with Gasteiger partial charge >= 0.3 is 5.97 Å². The molecule has 0 aromatic carbocycles. The number of nitrogens with one attached hydrogen (secondary N) is 2. The van der Waals surface area contributed by atoms with Gasteiger partial charge in [0.05, 0.1) is 0 Å². The Kier molecular flexibility index (Phi) is 5.29. The van der Waals surface area contributed by atoms with E-state index in [9.17, 15) is 19.5 Å². The number of carboxylic acid groups (broad SMARTS) is 1. The molecule has 0 fully saturated rings. The van der Waals surface area contributed by atoms with E-state index in [0.29, 0.717) is 18.5 Å². The normalized spacial score (nSPS) is 12.8. The van der Waals surface area contributed by atoms with Crippen molar-refractivity contribution in [1.82, 2.24) is 10.3 Å². The molecule has 116 valence electrons. The maximum absolute atomic E-state index is 12.0.